The van der Waals surface area contributed by atoms with E-state index in [2.05, 4.69) is 15.9 Å². The minimum absolute atomic E-state index is 0.0172. The molecule has 1 fully saturated rings. The first-order valence-electron chi connectivity index (χ1n) is 6.15. The van der Waals surface area contributed by atoms with Gasteiger partial charge in [-0.2, -0.15) is 13.2 Å². The lowest BCUT2D eigenvalue weighted by Crippen LogP contribution is -2.38. The summed E-state index contributed by atoms with van der Waals surface area (Å²) in [6.45, 7) is 0. The summed E-state index contributed by atoms with van der Waals surface area (Å²) in [7, 11) is -3.55. The van der Waals surface area contributed by atoms with E-state index in [1.807, 2.05) is 0 Å². The molecule has 0 heterocycles. The van der Waals surface area contributed by atoms with Gasteiger partial charge in [0, 0.05) is 5.33 Å². The van der Waals surface area contributed by atoms with E-state index < -0.39 is 21.6 Å². The van der Waals surface area contributed by atoms with Crippen LogP contribution < -0.4 is 0 Å². The van der Waals surface area contributed by atoms with Gasteiger partial charge in [0.25, 0.3) is 0 Å². The van der Waals surface area contributed by atoms with E-state index in [0.29, 0.717) is 5.33 Å². The highest BCUT2D eigenvalue weighted by Gasteiger charge is 2.40. The minimum Gasteiger partial charge on any atom is -0.224 e. The minimum atomic E-state index is -4.45. The zero-order valence-electron chi connectivity index (χ0n) is 10.6. The molecular formula is C13H14BrF3O2S. The predicted octanol–water partition coefficient (Wildman–Crippen LogP) is 4.04. The topological polar surface area (TPSA) is 34.1 Å². The van der Waals surface area contributed by atoms with Crippen molar-refractivity contribution >= 4 is 25.8 Å². The lowest BCUT2D eigenvalue weighted by atomic mass is 9.72. The summed E-state index contributed by atoms with van der Waals surface area (Å²) in [6.07, 6.45) is -1.79. The van der Waals surface area contributed by atoms with Gasteiger partial charge < -0.3 is 0 Å². The lowest BCUT2D eigenvalue weighted by molar-refractivity contribution is -0.137. The molecule has 2 nitrogen and oxygen atoms in total. The van der Waals surface area contributed by atoms with Crippen LogP contribution in [0, 0.1) is 5.41 Å². The van der Waals surface area contributed by atoms with E-state index in [1.54, 1.807) is 0 Å². The number of rotatable bonds is 4. The highest BCUT2D eigenvalue weighted by molar-refractivity contribution is 9.09. The van der Waals surface area contributed by atoms with Crippen LogP contribution in [0.5, 0.6) is 0 Å². The first kappa shape index (κ1) is 15.8. The number of halogens is 4. The van der Waals surface area contributed by atoms with E-state index in [-0.39, 0.29) is 16.1 Å². The molecule has 0 saturated heterocycles. The Bertz CT molecular complexity index is 569. The third-order valence-corrected chi connectivity index (χ3v) is 6.91. The van der Waals surface area contributed by atoms with E-state index in [0.717, 1.165) is 43.5 Å². The molecule has 0 atom stereocenters. The van der Waals surface area contributed by atoms with E-state index in [9.17, 15) is 21.6 Å². The second-order valence-corrected chi connectivity index (χ2v) is 7.82. The monoisotopic (exact) mass is 370 g/mol. The van der Waals surface area contributed by atoms with E-state index in [1.165, 1.54) is 0 Å². The van der Waals surface area contributed by atoms with Crippen molar-refractivity contribution in [3.05, 3.63) is 29.8 Å². The fourth-order valence-electron chi connectivity index (χ4n) is 2.33. The van der Waals surface area contributed by atoms with Gasteiger partial charge in [-0.05, 0) is 42.5 Å². The molecule has 1 saturated carbocycles. The zero-order valence-corrected chi connectivity index (χ0v) is 13.0. The fourth-order valence-corrected chi connectivity index (χ4v) is 5.27. The first-order chi connectivity index (χ1) is 9.19. The first-order valence-corrected chi connectivity index (χ1v) is 8.92. The van der Waals surface area contributed by atoms with Crippen molar-refractivity contribution in [1.82, 2.24) is 0 Å². The average Bonchev–Trinajstić information content (AvgIpc) is 2.33. The lowest BCUT2D eigenvalue weighted by Gasteiger charge is -2.40. The second kappa shape index (κ2) is 5.33. The van der Waals surface area contributed by atoms with E-state index in [4.69, 9.17) is 0 Å². The van der Waals surface area contributed by atoms with Gasteiger partial charge in [-0.1, -0.05) is 22.4 Å². The summed E-state index contributed by atoms with van der Waals surface area (Å²) in [6, 6.07) is 3.71. The van der Waals surface area contributed by atoms with Gasteiger partial charge in [-0.15, -0.1) is 0 Å². The predicted molar refractivity (Wildman–Crippen MR) is 73.6 cm³/mol. The van der Waals surface area contributed by atoms with Crippen LogP contribution >= 0.6 is 15.9 Å². The van der Waals surface area contributed by atoms with Crippen LogP contribution in [0.3, 0.4) is 0 Å². The van der Waals surface area contributed by atoms with Gasteiger partial charge in [-0.3, -0.25) is 0 Å². The molecule has 0 unspecified atom stereocenters. The van der Waals surface area contributed by atoms with Crippen molar-refractivity contribution in [1.29, 1.82) is 0 Å². The Morgan fingerprint density at radius 1 is 1.15 bits per heavy atom. The molecule has 0 aromatic heterocycles. The Morgan fingerprint density at radius 3 is 2.05 bits per heavy atom. The summed E-state index contributed by atoms with van der Waals surface area (Å²) < 4.78 is 61.9. The van der Waals surface area contributed by atoms with E-state index >= 15 is 0 Å². The Morgan fingerprint density at radius 2 is 1.70 bits per heavy atom. The van der Waals surface area contributed by atoms with Gasteiger partial charge in [0.2, 0.25) is 0 Å². The zero-order chi connectivity index (χ0) is 15.0. The van der Waals surface area contributed by atoms with Crippen LogP contribution in [0.4, 0.5) is 13.2 Å². The molecule has 2 rings (SSSR count). The largest absolute Gasteiger partial charge is 0.416 e. The smallest absolute Gasteiger partial charge is 0.224 e. The Kier molecular flexibility index (Phi) is 4.22. The molecule has 0 spiro atoms. The van der Waals surface area contributed by atoms with Crippen molar-refractivity contribution in [2.75, 3.05) is 11.1 Å². The van der Waals surface area contributed by atoms with Gasteiger partial charge in [0.15, 0.2) is 9.84 Å². The Labute approximate surface area is 124 Å². The van der Waals surface area contributed by atoms with Gasteiger partial charge >= 0.3 is 6.18 Å². The van der Waals surface area contributed by atoms with Gasteiger partial charge in [0.05, 0.1) is 16.2 Å². The molecular weight excluding hydrogens is 357 g/mol. The highest BCUT2D eigenvalue weighted by Crippen LogP contribution is 2.44. The van der Waals surface area contributed by atoms with Crippen LogP contribution in [0.2, 0.25) is 0 Å². The number of sulfone groups is 1. The highest BCUT2D eigenvalue weighted by atomic mass is 79.9. The van der Waals surface area contributed by atoms with Crippen molar-refractivity contribution in [3.63, 3.8) is 0 Å². The summed E-state index contributed by atoms with van der Waals surface area (Å²) in [5, 5.41) is 0.597. The quantitative estimate of drug-likeness (QED) is 0.749. The van der Waals surface area contributed by atoms with Crippen LogP contribution in [-0.2, 0) is 16.0 Å². The Hall–Kier alpha value is -0.560. The molecule has 20 heavy (non-hydrogen) atoms. The number of hydrogen-bond acceptors (Lipinski definition) is 2. The number of alkyl halides is 4. The maximum absolute atomic E-state index is 12.4. The summed E-state index contributed by atoms with van der Waals surface area (Å²) in [5.41, 5.74) is -1.10. The van der Waals surface area contributed by atoms with Crippen LogP contribution in [0.15, 0.2) is 29.2 Å². The fraction of sp³-hybridized carbons (Fsp3) is 0.538. The summed E-state index contributed by atoms with van der Waals surface area (Å²) >= 11 is 3.33. The molecule has 1 aliphatic rings. The van der Waals surface area contributed by atoms with Crippen LogP contribution in [0.25, 0.3) is 0 Å². The van der Waals surface area contributed by atoms with Gasteiger partial charge in [0.1, 0.15) is 0 Å². The molecule has 7 heteroatoms. The molecule has 1 aromatic rings. The van der Waals surface area contributed by atoms with Crippen molar-refractivity contribution in [2.45, 2.75) is 30.3 Å². The normalized spacial score (nSPS) is 18.6. The van der Waals surface area contributed by atoms with Crippen molar-refractivity contribution in [2.24, 2.45) is 5.41 Å². The summed E-state index contributed by atoms with van der Waals surface area (Å²) in [4.78, 5) is -0.0438. The Balaban J connectivity index is 2.22. The number of hydrogen-bond donors (Lipinski definition) is 0. The standard InChI is InChI=1S/C13H14BrF3O2S/c14-8-12(6-1-7-12)9-20(18,19)11-4-2-10(3-5-11)13(15,16)17/h2-5H,1,6-9H2. The molecule has 0 aliphatic heterocycles. The molecule has 0 radical (unpaired) electrons. The second-order valence-electron chi connectivity index (χ2n) is 5.27. The van der Waals surface area contributed by atoms with Crippen LogP contribution in [0.1, 0.15) is 24.8 Å². The molecule has 0 bridgehead atoms. The SMILES string of the molecule is O=S(=O)(CC1(CBr)CCC1)c1ccc(C(F)(F)F)cc1. The molecule has 112 valence electrons. The maximum Gasteiger partial charge on any atom is 0.416 e. The average molecular weight is 371 g/mol. The third-order valence-electron chi connectivity index (χ3n) is 3.73. The molecule has 1 aliphatic carbocycles. The van der Waals surface area contributed by atoms with Crippen LogP contribution in [-0.4, -0.2) is 19.5 Å². The third kappa shape index (κ3) is 3.19. The summed E-state index contributed by atoms with van der Waals surface area (Å²) in [5.74, 6) is -0.0172. The molecule has 0 N–H and O–H groups in total. The van der Waals surface area contributed by atoms with Crippen molar-refractivity contribution < 1.29 is 21.6 Å². The van der Waals surface area contributed by atoms with Gasteiger partial charge in [-0.25, -0.2) is 8.42 Å². The maximum atomic E-state index is 12.4. The number of benzene rings is 1. The molecule has 0 amide bonds. The van der Waals surface area contributed by atoms with Crippen molar-refractivity contribution in [3.8, 4) is 0 Å². The molecule has 1 aromatic carbocycles.